The number of carboxylic acid groups (broad SMARTS) is 2. The second kappa shape index (κ2) is 12.9. The molecule has 1 aromatic carbocycles. The van der Waals surface area contributed by atoms with Crippen LogP contribution >= 0.6 is 0 Å². The molecule has 2 rings (SSSR count). The average molecular weight is 432 g/mol. The highest BCUT2D eigenvalue weighted by atomic mass is 19.1. The van der Waals surface area contributed by atoms with Gasteiger partial charge in [-0.2, -0.15) is 0 Å². The molecule has 0 unspecified atom stereocenters. The molecule has 1 heterocycles. The number of H-pyrrole nitrogens is 1. The van der Waals surface area contributed by atoms with Gasteiger partial charge in [0.2, 0.25) is 11.6 Å². The van der Waals surface area contributed by atoms with Gasteiger partial charge in [0.05, 0.1) is 12.5 Å². The molecule has 0 aliphatic carbocycles. The third kappa shape index (κ3) is 10.6. The van der Waals surface area contributed by atoms with Gasteiger partial charge in [0.25, 0.3) is 0 Å². The van der Waals surface area contributed by atoms with Crippen LogP contribution in [0.5, 0.6) is 0 Å². The normalized spacial score (nSPS) is 9.84. The van der Waals surface area contributed by atoms with Gasteiger partial charge >= 0.3 is 12.1 Å². The topological polar surface area (TPSA) is 168 Å². The first-order chi connectivity index (χ1) is 14.7. The molecule has 0 aliphatic rings. The van der Waals surface area contributed by atoms with Gasteiger partial charge in [-0.1, -0.05) is 24.8 Å². The number of nitrogen functional groups attached to an aromatic ring is 1. The summed E-state index contributed by atoms with van der Waals surface area (Å²) in [6.45, 7) is 4.08. The molecule has 11 heteroatoms. The average Bonchev–Trinajstić information content (AvgIpc) is 2.72. The highest BCUT2D eigenvalue weighted by Gasteiger charge is 2.10. The van der Waals surface area contributed by atoms with E-state index in [0.717, 1.165) is 5.56 Å². The number of carbonyl (C=O) groups is 3. The van der Waals surface area contributed by atoms with Gasteiger partial charge in [0.1, 0.15) is 18.1 Å². The van der Waals surface area contributed by atoms with Gasteiger partial charge in [-0.3, -0.25) is 5.32 Å². The van der Waals surface area contributed by atoms with E-state index in [1.165, 1.54) is 18.2 Å². The zero-order valence-electron chi connectivity index (χ0n) is 16.3. The fourth-order valence-electron chi connectivity index (χ4n) is 1.94. The van der Waals surface area contributed by atoms with Crippen LogP contribution in [0.3, 0.4) is 0 Å². The van der Waals surface area contributed by atoms with Crippen molar-refractivity contribution >= 4 is 35.4 Å². The molecule has 0 fully saturated rings. The summed E-state index contributed by atoms with van der Waals surface area (Å²) in [7, 11) is 0. The molecule has 0 aliphatic heterocycles. The van der Waals surface area contributed by atoms with Crippen LogP contribution in [0.15, 0.2) is 61.2 Å². The number of rotatable bonds is 8. The summed E-state index contributed by atoms with van der Waals surface area (Å²) in [4.78, 5) is 33.3. The second-order valence-corrected chi connectivity index (χ2v) is 5.68. The number of anilines is 3. The van der Waals surface area contributed by atoms with Gasteiger partial charge in [0, 0.05) is 12.1 Å². The van der Waals surface area contributed by atoms with Crippen molar-refractivity contribution in [3.05, 3.63) is 72.6 Å². The summed E-state index contributed by atoms with van der Waals surface area (Å²) in [5, 5.41) is 22.9. The maximum atomic E-state index is 12.8. The lowest BCUT2D eigenvalue weighted by Gasteiger charge is -2.07. The summed E-state index contributed by atoms with van der Waals surface area (Å²) in [5.41, 5.74) is 7.18. The van der Waals surface area contributed by atoms with Crippen molar-refractivity contribution in [2.45, 2.75) is 6.54 Å². The molecule has 0 saturated carbocycles. The third-order valence-corrected chi connectivity index (χ3v) is 3.30. The van der Waals surface area contributed by atoms with Gasteiger partial charge in [-0.25, -0.2) is 19.0 Å². The minimum absolute atomic E-state index is 0.118. The maximum Gasteiger partial charge on any atom is 0.412 e. The Hall–Kier alpha value is -4.41. The molecule has 6 N–H and O–H groups in total. The molecule has 0 radical (unpaired) electrons. The van der Waals surface area contributed by atoms with E-state index in [4.69, 9.17) is 15.6 Å². The van der Waals surface area contributed by atoms with Crippen LogP contribution in [0, 0.1) is 5.82 Å². The first-order valence-corrected chi connectivity index (χ1v) is 8.68. The summed E-state index contributed by atoms with van der Waals surface area (Å²) in [6, 6.07) is 9.55. The number of ether oxygens (including phenoxy) is 1. The minimum atomic E-state index is -1.51. The Balaban J connectivity index is 0.000000512. The molecule has 0 atom stereocenters. The smallest absolute Gasteiger partial charge is 0.412 e. The van der Waals surface area contributed by atoms with Gasteiger partial charge in [0.15, 0.2) is 0 Å². The largest absolute Gasteiger partial charge is 0.545 e. The van der Waals surface area contributed by atoms with Gasteiger partial charge in [-0.05, 0) is 29.8 Å². The number of hydrogen-bond acceptors (Lipinski definition) is 7. The quantitative estimate of drug-likeness (QED) is 0.353. The molecular weight excluding hydrogens is 411 g/mol. The molecule has 31 heavy (non-hydrogen) atoms. The highest BCUT2D eigenvalue weighted by Crippen LogP contribution is 2.15. The number of aliphatic carboxylic acids is 2. The zero-order valence-corrected chi connectivity index (χ0v) is 16.3. The Labute approximate surface area is 176 Å². The van der Waals surface area contributed by atoms with Crippen LogP contribution in [0.4, 0.5) is 26.5 Å². The van der Waals surface area contributed by atoms with Crippen molar-refractivity contribution in [1.82, 2.24) is 0 Å². The second-order valence-electron chi connectivity index (χ2n) is 5.68. The number of halogens is 1. The fraction of sp³-hybridized carbons (Fsp3) is 0.100. The standard InChI is InChI=1S/C16H17FN4O2.C4H4O4/c1-2-9-23-16(22)20-13-7-8-14(21-15(13)18)19-10-11-3-5-12(17)6-4-11;5-3(6)1-2-4(7)8/h2-8H,1,9-10H2,(H,20,22)(H3,18,19,21);1-2H,(H,5,6)(H,7,8)/b;2-1-. The number of benzene rings is 1. The number of aromatic amines is 1. The molecule has 10 nitrogen and oxygen atoms in total. The minimum Gasteiger partial charge on any atom is -0.545 e. The molecule has 2 aromatic rings. The van der Waals surface area contributed by atoms with Crippen molar-refractivity contribution in [3.63, 3.8) is 0 Å². The number of pyridine rings is 1. The number of carbonyl (C=O) groups excluding carboxylic acids is 2. The molecule has 1 aromatic heterocycles. The van der Waals surface area contributed by atoms with E-state index in [1.807, 2.05) is 0 Å². The van der Waals surface area contributed by atoms with Crippen molar-refractivity contribution in [2.24, 2.45) is 0 Å². The van der Waals surface area contributed by atoms with Crippen LogP contribution in [0.2, 0.25) is 0 Å². The zero-order chi connectivity index (χ0) is 23.2. The predicted octanol–water partition coefficient (Wildman–Crippen LogP) is 0.946. The van der Waals surface area contributed by atoms with Gasteiger partial charge in [-0.15, -0.1) is 0 Å². The Kier molecular flexibility index (Phi) is 10.3. The SMILES string of the molecule is C=CCOC(=O)Nc1ccc(NCc2ccc(F)cc2)[nH+]c1N.O=C([O-])/C=C\C(=O)O. The number of hydrogen-bond donors (Lipinski definition) is 4. The Morgan fingerprint density at radius 3 is 2.39 bits per heavy atom. The predicted molar refractivity (Wildman–Crippen MR) is 108 cm³/mol. The van der Waals surface area contributed by atoms with Crippen molar-refractivity contribution in [3.8, 4) is 0 Å². The Bertz CT molecular complexity index is 931. The van der Waals surface area contributed by atoms with E-state index in [-0.39, 0.29) is 18.2 Å². The van der Waals surface area contributed by atoms with Crippen LogP contribution in [0.1, 0.15) is 5.56 Å². The number of carboxylic acids is 2. The number of nitrogens with two attached hydrogens (primary N) is 1. The van der Waals surface area contributed by atoms with E-state index in [1.54, 1.807) is 24.3 Å². The highest BCUT2D eigenvalue weighted by molar-refractivity contribution is 5.88. The molecule has 1 amide bonds. The van der Waals surface area contributed by atoms with E-state index in [9.17, 15) is 23.9 Å². The van der Waals surface area contributed by atoms with Crippen molar-refractivity contribution < 1.29 is 38.7 Å². The summed E-state index contributed by atoms with van der Waals surface area (Å²) < 4.78 is 17.6. The van der Waals surface area contributed by atoms with Crippen LogP contribution in [-0.4, -0.2) is 29.7 Å². The molecule has 164 valence electrons. The first-order valence-electron chi connectivity index (χ1n) is 8.68. The maximum absolute atomic E-state index is 12.8. The number of nitrogens with one attached hydrogen (secondary N) is 3. The van der Waals surface area contributed by atoms with Crippen molar-refractivity contribution in [2.75, 3.05) is 23.0 Å². The van der Waals surface area contributed by atoms with E-state index < -0.39 is 18.0 Å². The lowest BCUT2D eigenvalue weighted by atomic mass is 10.2. The van der Waals surface area contributed by atoms with Crippen LogP contribution in [-0.2, 0) is 20.9 Å². The molecule has 0 saturated heterocycles. The van der Waals surface area contributed by atoms with Crippen molar-refractivity contribution in [1.29, 1.82) is 0 Å². The summed E-state index contributed by atoms with van der Waals surface area (Å²) in [5.74, 6) is -2.13. The van der Waals surface area contributed by atoms with E-state index >= 15 is 0 Å². The van der Waals surface area contributed by atoms with Gasteiger partial charge < -0.3 is 30.8 Å². The Morgan fingerprint density at radius 1 is 1.19 bits per heavy atom. The Morgan fingerprint density at radius 2 is 1.87 bits per heavy atom. The van der Waals surface area contributed by atoms with Crippen LogP contribution in [0.25, 0.3) is 0 Å². The number of aromatic nitrogens is 1. The van der Waals surface area contributed by atoms with E-state index in [2.05, 4.69) is 22.2 Å². The van der Waals surface area contributed by atoms with E-state index in [0.29, 0.717) is 30.2 Å². The summed E-state index contributed by atoms with van der Waals surface area (Å²) in [6.07, 6.45) is 1.80. The molecule has 0 spiro atoms. The summed E-state index contributed by atoms with van der Waals surface area (Å²) >= 11 is 0. The lowest BCUT2D eigenvalue weighted by Crippen LogP contribution is -2.21. The third-order valence-electron chi connectivity index (χ3n) is 3.30. The van der Waals surface area contributed by atoms with Crippen LogP contribution < -0.4 is 26.5 Å². The molecule has 0 bridgehead atoms. The molecular formula is C20H21FN4O6. The monoisotopic (exact) mass is 432 g/mol. The lowest BCUT2D eigenvalue weighted by molar-refractivity contribution is -0.342. The first kappa shape index (κ1) is 24.6. The fourth-order valence-corrected chi connectivity index (χ4v) is 1.94. The number of amides is 1.